The molecule has 120 valence electrons. The van der Waals surface area contributed by atoms with Crippen LogP contribution in [0.5, 0.6) is 5.75 Å². The molecule has 0 saturated heterocycles. The van der Waals surface area contributed by atoms with Crippen molar-refractivity contribution in [1.29, 1.82) is 0 Å². The van der Waals surface area contributed by atoms with Gasteiger partial charge in [0.15, 0.2) is 0 Å². The van der Waals surface area contributed by atoms with E-state index in [1.807, 2.05) is 0 Å². The van der Waals surface area contributed by atoms with Crippen LogP contribution in [0.15, 0.2) is 18.2 Å². The van der Waals surface area contributed by atoms with Gasteiger partial charge in [-0.1, -0.05) is 23.2 Å². The first-order valence-electron chi connectivity index (χ1n) is 7.07. The van der Waals surface area contributed by atoms with Crippen molar-refractivity contribution in [2.75, 3.05) is 33.3 Å². The number of ether oxygens (including phenoxy) is 1. The number of halogens is 2. The van der Waals surface area contributed by atoms with E-state index in [0.717, 1.165) is 13.1 Å². The van der Waals surface area contributed by atoms with Crippen molar-refractivity contribution < 1.29 is 9.84 Å². The van der Waals surface area contributed by atoms with Crippen LogP contribution in [-0.4, -0.2) is 55.4 Å². The molecule has 1 atom stereocenters. The Labute approximate surface area is 137 Å². The fourth-order valence-electron chi connectivity index (χ4n) is 1.61. The van der Waals surface area contributed by atoms with E-state index in [9.17, 15) is 5.11 Å². The SMILES string of the molecule is CC(C)N(C)CCNCC(O)COc1cc(Cl)ccc1Cl. The Kier molecular flexibility index (Phi) is 8.37. The van der Waals surface area contributed by atoms with Gasteiger partial charge in [0, 0.05) is 36.8 Å². The number of benzene rings is 1. The first-order chi connectivity index (χ1) is 9.90. The molecule has 0 aliphatic carbocycles. The fourth-order valence-corrected chi connectivity index (χ4v) is 1.95. The second-order valence-corrected chi connectivity index (χ2v) is 6.16. The van der Waals surface area contributed by atoms with Gasteiger partial charge in [-0.05, 0) is 33.0 Å². The summed E-state index contributed by atoms with van der Waals surface area (Å²) < 4.78 is 5.48. The maximum atomic E-state index is 9.87. The number of nitrogens with one attached hydrogen (secondary N) is 1. The summed E-state index contributed by atoms with van der Waals surface area (Å²) >= 11 is 11.9. The number of nitrogens with zero attached hydrogens (tertiary/aromatic N) is 1. The summed E-state index contributed by atoms with van der Waals surface area (Å²) in [5.41, 5.74) is 0. The molecule has 0 aliphatic heterocycles. The number of aliphatic hydroxyl groups is 1. The molecule has 2 N–H and O–H groups in total. The van der Waals surface area contributed by atoms with Crippen LogP contribution in [0, 0.1) is 0 Å². The maximum absolute atomic E-state index is 9.87. The molecule has 0 fully saturated rings. The average molecular weight is 335 g/mol. The third-order valence-corrected chi connectivity index (χ3v) is 3.77. The van der Waals surface area contributed by atoms with Crippen LogP contribution in [0.25, 0.3) is 0 Å². The van der Waals surface area contributed by atoms with Crippen LogP contribution in [-0.2, 0) is 0 Å². The fraction of sp³-hybridized carbons (Fsp3) is 0.600. The van der Waals surface area contributed by atoms with Gasteiger partial charge in [0.2, 0.25) is 0 Å². The summed E-state index contributed by atoms with van der Waals surface area (Å²) in [6.45, 7) is 6.71. The summed E-state index contributed by atoms with van der Waals surface area (Å²) in [7, 11) is 2.08. The minimum Gasteiger partial charge on any atom is -0.489 e. The highest BCUT2D eigenvalue weighted by Gasteiger charge is 2.08. The van der Waals surface area contributed by atoms with Crippen LogP contribution >= 0.6 is 23.2 Å². The summed E-state index contributed by atoms with van der Waals surface area (Å²) in [4.78, 5) is 2.24. The van der Waals surface area contributed by atoms with Crippen LogP contribution in [0.2, 0.25) is 10.0 Å². The summed E-state index contributed by atoms with van der Waals surface area (Å²) in [5.74, 6) is 0.489. The van der Waals surface area contributed by atoms with Crippen molar-refractivity contribution >= 4 is 23.2 Å². The molecule has 0 heterocycles. The van der Waals surface area contributed by atoms with E-state index < -0.39 is 6.10 Å². The molecule has 0 amide bonds. The van der Waals surface area contributed by atoms with Gasteiger partial charge in [-0.2, -0.15) is 0 Å². The third kappa shape index (κ3) is 7.34. The monoisotopic (exact) mass is 334 g/mol. The first kappa shape index (κ1) is 18.5. The van der Waals surface area contributed by atoms with Crippen molar-refractivity contribution in [3.8, 4) is 5.75 Å². The molecule has 1 unspecified atom stereocenters. The van der Waals surface area contributed by atoms with E-state index in [1.165, 1.54) is 0 Å². The highest BCUT2D eigenvalue weighted by molar-refractivity contribution is 6.34. The molecule has 0 radical (unpaired) electrons. The number of rotatable bonds is 9. The molecule has 1 rings (SSSR count). The Morgan fingerprint density at radius 3 is 2.71 bits per heavy atom. The minimum atomic E-state index is -0.593. The van der Waals surface area contributed by atoms with Crippen LogP contribution in [0.1, 0.15) is 13.8 Å². The highest BCUT2D eigenvalue weighted by Crippen LogP contribution is 2.27. The van der Waals surface area contributed by atoms with Gasteiger partial charge in [0.25, 0.3) is 0 Å². The first-order valence-corrected chi connectivity index (χ1v) is 7.82. The normalized spacial score (nSPS) is 13.0. The number of hydrogen-bond donors (Lipinski definition) is 2. The standard InChI is InChI=1S/C15H24Cl2N2O2/c1-11(2)19(3)7-6-18-9-13(20)10-21-15-8-12(16)4-5-14(15)17/h4-5,8,11,13,18,20H,6-7,9-10H2,1-3H3. The zero-order chi connectivity index (χ0) is 15.8. The molecular formula is C15H24Cl2N2O2. The summed E-state index contributed by atoms with van der Waals surface area (Å²) in [6.07, 6.45) is -0.593. The van der Waals surface area contributed by atoms with Gasteiger partial charge in [-0.3, -0.25) is 0 Å². The maximum Gasteiger partial charge on any atom is 0.139 e. The molecule has 0 spiro atoms. The van der Waals surface area contributed by atoms with Crippen molar-refractivity contribution in [3.05, 3.63) is 28.2 Å². The predicted octanol–water partition coefficient (Wildman–Crippen LogP) is 2.66. The van der Waals surface area contributed by atoms with E-state index in [2.05, 4.69) is 31.1 Å². The van der Waals surface area contributed by atoms with Gasteiger partial charge < -0.3 is 20.1 Å². The van der Waals surface area contributed by atoms with E-state index in [1.54, 1.807) is 18.2 Å². The lowest BCUT2D eigenvalue weighted by Gasteiger charge is -2.21. The Bertz CT molecular complexity index is 430. The zero-order valence-corrected chi connectivity index (χ0v) is 14.3. The van der Waals surface area contributed by atoms with Gasteiger partial charge in [0.05, 0.1) is 5.02 Å². The molecule has 4 nitrogen and oxygen atoms in total. The molecule has 1 aromatic rings. The van der Waals surface area contributed by atoms with Crippen LogP contribution < -0.4 is 10.1 Å². The van der Waals surface area contributed by atoms with E-state index in [-0.39, 0.29) is 6.61 Å². The summed E-state index contributed by atoms with van der Waals surface area (Å²) in [6, 6.07) is 5.53. The smallest absolute Gasteiger partial charge is 0.139 e. The molecule has 0 saturated carbocycles. The topological polar surface area (TPSA) is 44.7 Å². The Morgan fingerprint density at radius 2 is 2.05 bits per heavy atom. The quantitative estimate of drug-likeness (QED) is 0.681. The van der Waals surface area contributed by atoms with E-state index >= 15 is 0 Å². The van der Waals surface area contributed by atoms with Gasteiger partial charge in [-0.15, -0.1) is 0 Å². The molecule has 0 bridgehead atoms. The molecule has 21 heavy (non-hydrogen) atoms. The third-order valence-electron chi connectivity index (χ3n) is 3.23. The van der Waals surface area contributed by atoms with Crippen molar-refractivity contribution in [2.45, 2.75) is 26.0 Å². The molecule has 6 heteroatoms. The number of hydrogen-bond acceptors (Lipinski definition) is 4. The lowest BCUT2D eigenvalue weighted by molar-refractivity contribution is 0.105. The van der Waals surface area contributed by atoms with Gasteiger partial charge >= 0.3 is 0 Å². The van der Waals surface area contributed by atoms with Crippen LogP contribution in [0.4, 0.5) is 0 Å². The predicted molar refractivity (Wildman–Crippen MR) is 88.6 cm³/mol. The number of likely N-dealkylation sites (N-methyl/N-ethyl adjacent to an activating group) is 1. The van der Waals surface area contributed by atoms with Gasteiger partial charge in [-0.25, -0.2) is 0 Å². The average Bonchev–Trinajstić information content (AvgIpc) is 2.44. The minimum absolute atomic E-state index is 0.174. The van der Waals surface area contributed by atoms with E-state index in [4.69, 9.17) is 27.9 Å². The Hall–Kier alpha value is -0.520. The van der Waals surface area contributed by atoms with Crippen LogP contribution in [0.3, 0.4) is 0 Å². The van der Waals surface area contributed by atoms with Crippen molar-refractivity contribution in [2.24, 2.45) is 0 Å². The Morgan fingerprint density at radius 1 is 1.33 bits per heavy atom. The largest absolute Gasteiger partial charge is 0.489 e. The second-order valence-electron chi connectivity index (χ2n) is 5.32. The molecule has 0 aliphatic rings. The van der Waals surface area contributed by atoms with Gasteiger partial charge in [0.1, 0.15) is 18.5 Å². The molecule has 1 aromatic carbocycles. The molecular weight excluding hydrogens is 311 g/mol. The molecule has 0 aromatic heterocycles. The van der Waals surface area contributed by atoms with Crippen molar-refractivity contribution in [1.82, 2.24) is 10.2 Å². The van der Waals surface area contributed by atoms with Crippen molar-refractivity contribution in [3.63, 3.8) is 0 Å². The lowest BCUT2D eigenvalue weighted by Crippen LogP contribution is -2.38. The lowest BCUT2D eigenvalue weighted by atomic mass is 10.3. The number of aliphatic hydroxyl groups excluding tert-OH is 1. The van der Waals surface area contributed by atoms with E-state index in [0.29, 0.717) is 28.4 Å². The second kappa shape index (κ2) is 9.49. The zero-order valence-electron chi connectivity index (χ0n) is 12.8. The highest BCUT2D eigenvalue weighted by atomic mass is 35.5. The Balaban J connectivity index is 2.22. The summed E-state index contributed by atoms with van der Waals surface area (Å²) in [5, 5.41) is 14.1.